The summed E-state index contributed by atoms with van der Waals surface area (Å²) in [4.78, 5) is 19.6. The first-order valence-electron chi connectivity index (χ1n) is 5.14. The summed E-state index contributed by atoms with van der Waals surface area (Å²) >= 11 is 0. The van der Waals surface area contributed by atoms with Crippen LogP contribution in [-0.4, -0.2) is 27.1 Å². The Bertz CT molecular complexity index is 522. The molecule has 0 spiro atoms. The van der Waals surface area contributed by atoms with Crippen LogP contribution in [0.1, 0.15) is 17.3 Å². The lowest BCUT2D eigenvalue weighted by molar-refractivity contribution is 0.0527. The number of hydrogen-bond donors (Lipinski definition) is 1. The Hall–Kier alpha value is -2.37. The van der Waals surface area contributed by atoms with E-state index in [9.17, 15) is 4.79 Å². The van der Waals surface area contributed by atoms with Crippen molar-refractivity contribution in [3.05, 3.63) is 36.5 Å². The molecule has 0 saturated carbocycles. The Morgan fingerprint density at radius 3 is 3.00 bits per heavy atom. The van der Waals surface area contributed by atoms with E-state index >= 15 is 0 Å². The van der Waals surface area contributed by atoms with Crippen molar-refractivity contribution < 1.29 is 9.53 Å². The van der Waals surface area contributed by atoms with Crippen LogP contribution < -0.4 is 5.73 Å². The van der Waals surface area contributed by atoms with Crippen molar-refractivity contribution in [2.75, 3.05) is 12.3 Å². The quantitative estimate of drug-likeness (QED) is 0.799. The molecule has 88 valence electrons. The summed E-state index contributed by atoms with van der Waals surface area (Å²) < 4.78 is 6.55. The van der Waals surface area contributed by atoms with E-state index in [4.69, 9.17) is 10.5 Å². The van der Waals surface area contributed by atoms with E-state index in [1.54, 1.807) is 30.2 Å². The van der Waals surface area contributed by atoms with Crippen molar-refractivity contribution in [2.45, 2.75) is 6.92 Å². The normalized spacial score (nSPS) is 10.2. The van der Waals surface area contributed by atoms with Crippen LogP contribution in [0, 0.1) is 0 Å². The number of ether oxygens (including phenoxy) is 1. The Labute approximate surface area is 98.1 Å². The van der Waals surface area contributed by atoms with Gasteiger partial charge in [0.05, 0.1) is 17.9 Å². The number of nitrogens with two attached hydrogens (primary N) is 1. The predicted octanol–water partition coefficient (Wildman–Crippen LogP) is 1.03. The number of anilines is 1. The van der Waals surface area contributed by atoms with Gasteiger partial charge < -0.3 is 10.5 Å². The summed E-state index contributed by atoms with van der Waals surface area (Å²) in [6.07, 6.45) is 6.39. The third kappa shape index (κ3) is 2.10. The van der Waals surface area contributed by atoms with Gasteiger partial charge in [-0.05, 0) is 13.0 Å². The SMILES string of the molecule is CCOC(=O)c1ccnc(-n2ccnc2)c1N. The number of nitrogens with zero attached hydrogens (tertiary/aromatic N) is 3. The van der Waals surface area contributed by atoms with Gasteiger partial charge in [-0.3, -0.25) is 4.57 Å². The molecule has 0 aliphatic rings. The van der Waals surface area contributed by atoms with Crippen molar-refractivity contribution in [3.8, 4) is 5.82 Å². The summed E-state index contributed by atoms with van der Waals surface area (Å²) in [6, 6.07) is 1.54. The highest BCUT2D eigenvalue weighted by atomic mass is 16.5. The zero-order chi connectivity index (χ0) is 12.3. The predicted molar refractivity (Wildman–Crippen MR) is 61.7 cm³/mol. The number of carbonyl (C=O) groups excluding carboxylic acids is 1. The van der Waals surface area contributed by atoms with Crippen LogP contribution in [0.25, 0.3) is 5.82 Å². The molecule has 0 aliphatic heterocycles. The molecule has 2 rings (SSSR count). The lowest BCUT2D eigenvalue weighted by Crippen LogP contribution is -2.11. The first-order chi connectivity index (χ1) is 8.24. The van der Waals surface area contributed by atoms with Gasteiger partial charge in [0.1, 0.15) is 6.33 Å². The molecule has 0 atom stereocenters. The zero-order valence-corrected chi connectivity index (χ0v) is 9.33. The summed E-state index contributed by atoms with van der Waals surface area (Å²) in [5.74, 6) is 0.0156. The lowest BCUT2D eigenvalue weighted by Gasteiger charge is -2.09. The first-order valence-corrected chi connectivity index (χ1v) is 5.14. The maximum Gasteiger partial charge on any atom is 0.340 e. The first kappa shape index (κ1) is 11.1. The number of pyridine rings is 1. The number of aromatic nitrogens is 3. The summed E-state index contributed by atoms with van der Waals surface area (Å²) in [6.45, 7) is 2.05. The lowest BCUT2D eigenvalue weighted by atomic mass is 10.2. The maximum atomic E-state index is 11.6. The minimum absolute atomic E-state index is 0.281. The molecule has 0 amide bonds. The second-order valence-corrected chi connectivity index (χ2v) is 3.29. The summed E-state index contributed by atoms with van der Waals surface area (Å²) in [7, 11) is 0. The standard InChI is InChI=1S/C11H12N4O2/c1-2-17-11(16)8-3-4-14-10(9(8)12)15-6-5-13-7-15/h3-7H,2,12H2,1H3. The molecular formula is C11H12N4O2. The highest BCUT2D eigenvalue weighted by Crippen LogP contribution is 2.19. The van der Waals surface area contributed by atoms with Crippen molar-refractivity contribution in [2.24, 2.45) is 0 Å². The molecule has 2 N–H and O–H groups in total. The molecule has 0 aliphatic carbocycles. The molecule has 6 heteroatoms. The molecule has 2 heterocycles. The van der Waals surface area contributed by atoms with Gasteiger partial charge in [-0.25, -0.2) is 14.8 Å². The summed E-state index contributed by atoms with van der Waals surface area (Å²) in [5, 5.41) is 0. The molecule has 0 saturated heterocycles. The van der Waals surface area contributed by atoms with E-state index in [1.165, 1.54) is 12.3 Å². The van der Waals surface area contributed by atoms with Crippen LogP contribution in [0.15, 0.2) is 31.0 Å². The molecule has 0 unspecified atom stereocenters. The van der Waals surface area contributed by atoms with E-state index < -0.39 is 5.97 Å². The van der Waals surface area contributed by atoms with E-state index in [2.05, 4.69) is 9.97 Å². The van der Waals surface area contributed by atoms with E-state index in [0.717, 1.165) is 0 Å². The monoisotopic (exact) mass is 232 g/mol. The van der Waals surface area contributed by atoms with Crippen molar-refractivity contribution >= 4 is 11.7 Å². The summed E-state index contributed by atoms with van der Waals surface area (Å²) in [5.41, 5.74) is 6.49. The molecule has 17 heavy (non-hydrogen) atoms. The van der Waals surface area contributed by atoms with Crippen LogP contribution in [0.3, 0.4) is 0 Å². The van der Waals surface area contributed by atoms with E-state index in [1.807, 2.05) is 0 Å². The molecule has 0 aromatic carbocycles. The van der Waals surface area contributed by atoms with Crippen molar-refractivity contribution in [1.29, 1.82) is 0 Å². The number of rotatable bonds is 3. The van der Waals surface area contributed by atoms with Crippen LogP contribution in [0.4, 0.5) is 5.69 Å². The smallest absolute Gasteiger partial charge is 0.340 e. The van der Waals surface area contributed by atoms with Gasteiger partial charge in [-0.1, -0.05) is 0 Å². The van der Waals surface area contributed by atoms with Gasteiger partial charge in [0.25, 0.3) is 0 Å². The third-order valence-corrected chi connectivity index (χ3v) is 2.21. The Morgan fingerprint density at radius 1 is 1.53 bits per heavy atom. The Morgan fingerprint density at radius 2 is 2.35 bits per heavy atom. The Balaban J connectivity index is 2.44. The highest BCUT2D eigenvalue weighted by Gasteiger charge is 2.15. The third-order valence-electron chi connectivity index (χ3n) is 2.21. The minimum atomic E-state index is -0.450. The topological polar surface area (TPSA) is 83.0 Å². The van der Waals surface area contributed by atoms with Gasteiger partial charge >= 0.3 is 5.97 Å². The average molecular weight is 232 g/mol. The molecule has 6 nitrogen and oxygen atoms in total. The highest BCUT2D eigenvalue weighted by molar-refractivity contribution is 5.96. The number of imidazole rings is 1. The molecular weight excluding hydrogens is 220 g/mol. The number of hydrogen-bond acceptors (Lipinski definition) is 5. The van der Waals surface area contributed by atoms with E-state index in [0.29, 0.717) is 18.0 Å². The molecule has 0 bridgehead atoms. The van der Waals surface area contributed by atoms with Crippen molar-refractivity contribution in [3.63, 3.8) is 0 Å². The van der Waals surface area contributed by atoms with E-state index in [-0.39, 0.29) is 5.69 Å². The van der Waals surface area contributed by atoms with Crippen LogP contribution in [0.2, 0.25) is 0 Å². The Kier molecular flexibility index (Phi) is 3.04. The van der Waals surface area contributed by atoms with Crippen molar-refractivity contribution in [1.82, 2.24) is 14.5 Å². The van der Waals surface area contributed by atoms with Crippen LogP contribution >= 0.6 is 0 Å². The fourth-order valence-electron chi connectivity index (χ4n) is 1.44. The van der Waals surface area contributed by atoms with Gasteiger partial charge in [0.2, 0.25) is 0 Å². The van der Waals surface area contributed by atoms with Gasteiger partial charge in [0.15, 0.2) is 5.82 Å². The zero-order valence-electron chi connectivity index (χ0n) is 9.33. The second-order valence-electron chi connectivity index (χ2n) is 3.29. The molecule has 0 fully saturated rings. The fourth-order valence-corrected chi connectivity index (χ4v) is 1.44. The number of esters is 1. The maximum absolute atomic E-state index is 11.6. The fraction of sp³-hybridized carbons (Fsp3) is 0.182. The molecule has 0 radical (unpaired) electrons. The minimum Gasteiger partial charge on any atom is -0.462 e. The molecule has 2 aromatic heterocycles. The van der Waals surface area contributed by atoms with Gasteiger partial charge in [0, 0.05) is 18.6 Å². The second kappa shape index (κ2) is 4.65. The number of nitrogen functional groups attached to an aromatic ring is 1. The van der Waals surface area contributed by atoms with Crippen LogP contribution in [-0.2, 0) is 4.74 Å². The largest absolute Gasteiger partial charge is 0.462 e. The van der Waals surface area contributed by atoms with Gasteiger partial charge in [-0.2, -0.15) is 0 Å². The molecule has 2 aromatic rings. The van der Waals surface area contributed by atoms with Gasteiger partial charge in [-0.15, -0.1) is 0 Å². The average Bonchev–Trinajstić information content (AvgIpc) is 2.83. The van der Waals surface area contributed by atoms with Crippen LogP contribution in [0.5, 0.6) is 0 Å². The number of carbonyl (C=O) groups is 1.